The maximum atomic E-state index is 14.3. The van der Waals surface area contributed by atoms with Crippen LogP contribution < -0.4 is 0 Å². The Bertz CT molecular complexity index is 702. The minimum atomic E-state index is -0.917. The maximum absolute atomic E-state index is 14.3. The van der Waals surface area contributed by atoms with Crippen LogP contribution in [-0.2, 0) is 16.0 Å². The summed E-state index contributed by atoms with van der Waals surface area (Å²) in [5.74, 6) is -3.09. The number of esters is 1. The second-order valence-corrected chi connectivity index (χ2v) is 4.47. The summed E-state index contributed by atoms with van der Waals surface area (Å²) in [5, 5.41) is 0. The average molecular weight is 295 g/mol. The highest BCUT2D eigenvalue weighted by Crippen LogP contribution is 2.27. The zero-order chi connectivity index (χ0) is 15.6. The van der Waals surface area contributed by atoms with Gasteiger partial charge in [0.25, 0.3) is 0 Å². The molecule has 21 heavy (non-hydrogen) atoms. The number of carbonyl (C=O) groups excluding carboxylic acids is 1. The van der Waals surface area contributed by atoms with E-state index in [-0.39, 0.29) is 28.8 Å². The molecule has 0 spiro atoms. The smallest absolute Gasteiger partial charge is 0.310 e. The molecule has 0 amide bonds. The van der Waals surface area contributed by atoms with E-state index < -0.39 is 23.4 Å². The summed E-state index contributed by atoms with van der Waals surface area (Å²) in [6.45, 7) is 1.44. The van der Waals surface area contributed by atoms with E-state index in [1.165, 1.54) is 32.4 Å². The Labute approximate surface area is 119 Å². The van der Waals surface area contributed by atoms with Crippen molar-refractivity contribution in [1.82, 2.24) is 4.98 Å². The van der Waals surface area contributed by atoms with E-state index in [4.69, 9.17) is 0 Å². The molecule has 2 rings (SSSR count). The van der Waals surface area contributed by atoms with Crippen molar-refractivity contribution in [1.29, 1.82) is 0 Å². The largest absolute Gasteiger partial charge is 0.469 e. The van der Waals surface area contributed by atoms with Gasteiger partial charge in [-0.15, -0.1) is 0 Å². The van der Waals surface area contributed by atoms with Crippen LogP contribution in [0.4, 0.5) is 13.2 Å². The first-order chi connectivity index (χ1) is 9.93. The SMILES string of the molecule is COC(=O)Cc1ccnc(-c2cc(C)c(F)cc2F)c1F. The Hall–Kier alpha value is -2.37. The number of methoxy groups -OCH3 is 1. The van der Waals surface area contributed by atoms with Gasteiger partial charge in [0.1, 0.15) is 17.3 Å². The molecular formula is C15H12F3NO2. The van der Waals surface area contributed by atoms with Crippen molar-refractivity contribution in [2.24, 2.45) is 0 Å². The molecule has 0 saturated heterocycles. The molecule has 0 aliphatic rings. The van der Waals surface area contributed by atoms with Gasteiger partial charge in [-0.2, -0.15) is 0 Å². The monoisotopic (exact) mass is 295 g/mol. The van der Waals surface area contributed by atoms with Gasteiger partial charge in [0, 0.05) is 23.4 Å². The van der Waals surface area contributed by atoms with Crippen molar-refractivity contribution in [3.63, 3.8) is 0 Å². The molecule has 0 bridgehead atoms. The average Bonchev–Trinajstić information content (AvgIpc) is 2.45. The molecule has 0 atom stereocenters. The molecule has 1 aromatic carbocycles. The number of carbonyl (C=O) groups is 1. The fraction of sp³-hybridized carbons (Fsp3) is 0.200. The Balaban J connectivity index is 2.53. The van der Waals surface area contributed by atoms with E-state index in [1.54, 1.807) is 0 Å². The van der Waals surface area contributed by atoms with Crippen molar-refractivity contribution >= 4 is 5.97 Å². The van der Waals surface area contributed by atoms with Gasteiger partial charge >= 0.3 is 5.97 Å². The summed E-state index contributed by atoms with van der Waals surface area (Å²) in [6, 6.07) is 3.17. The van der Waals surface area contributed by atoms with Crippen molar-refractivity contribution in [2.45, 2.75) is 13.3 Å². The molecular weight excluding hydrogens is 283 g/mol. The minimum absolute atomic E-state index is 0.0354. The van der Waals surface area contributed by atoms with Gasteiger partial charge in [-0.05, 0) is 24.6 Å². The molecule has 1 heterocycles. The predicted molar refractivity (Wildman–Crippen MR) is 70.0 cm³/mol. The molecule has 6 heteroatoms. The first-order valence-corrected chi connectivity index (χ1v) is 6.10. The van der Waals surface area contributed by atoms with Gasteiger partial charge < -0.3 is 4.74 Å². The quantitative estimate of drug-likeness (QED) is 0.816. The lowest BCUT2D eigenvalue weighted by molar-refractivity contribution is -0.139. The van der Waals surface area contributed by atoms with Gasteiger partial charge in [-0.25, -0.2) is 13.2 Å². The summed E-state index contributed by atoms with van der Waals surface area (Å²) in [4.78, 5) is 15.0. The topological polar surface area (TPSA) is 39.2 Å². The van der Waals surface area contributed by atoms with Crippen molar-refractivity contribution in [3.8, 4) is 11.3 Å². The molecule has 110 valence electrons. The number of pyridine rings is 1. The van der Waals surface area contributed by atoms with Crippen LogP contribution in [-0.4, -0.2) is 18.1 Å². The molecule has 0 saturated carbocycles. The zero-order valence-corrected chi connectivity index (χ0v) is 11.4. The van der Waals surface area contributed by atoms with Crippen LogP contribution >= 0.6 is 0 Å². The molecule has 0 unspecified atom stereocenters. The highest BCUT2D eigenvalue weighted by atomic mass is 19.1. The number of aryl methyl sites for hydroxylation is 1. The standard InChI is InChI=1S/C15H12F3NO2/c1-8-5-10(12(17)7-11(8)16)15-14(18)9(3-4-19-15)6-13(20)21-2/h3-5,7H,6H2,1-2H3. The number of hydrogen-bond donors (Lipinski definition) is 0. The molecule has 0 aliphatic carbocycles. The van der Waals surface area contributed by atoms with Crippen LogP contribution in [0.25, 0.3) is 11.3 Å². The number of hydrogen-bond acceptors (Lipinski definition) is 3. The fourth-order valence-electron chi connectivity index (χ4n) is 1.87. The van der Waals surface area contributed by atoms with Crippen LogP contribution in [0.5, 0.6) is 0 Å². The Morgan fingerprint density at radius 3 is 2.62 bits per heavy atom. The lowest BCUT2D eigenvalue weighted by Crippen LogP contribution is -2.08. The first kappa shape index (κ1) is 15.0. The summed E-state index contributed by atoms with van der Waals surface area (Å²) in [5.41, 5.74) is -0.214. The van der Waals surface area contributed by atoms with Crippen LogP contribution in [0.3, 0.4) is 0 Å². The molecule has 0 N–H and O–H groups in total. The zero-order valence-electron chi connectivity index (χ0n) is 11.4. The summed E-state index contributed by atoms with van der Waals surface area (Å²) in [6.07, 6.45) is 0.967. The van der Waals surface area contributed by atoms with E-state index in [9.17, 15) is 18.0 Å². The van der Waals surface area contributed by atoms with E-state index in [1.807, 2.05) is 0 Å². The number of nitrogens with zero attached hydrogens (tertiary/aromatic N) is 1. The van der Waals surface area contributed by atoms with E-state index in [0.29, 0.717) is 6.07 Å². The number of halogens is 3. The summed E-state index contributed by atoms with van der Waals surface area (Å²) < 4.78 is 45.9. The Morgan fingerprint density at radius 2 is 1.95 bits per heavy atom. The van der Waals surface area contributed by atoms with Gasteiger partial charge in [-0.1, -0.05) is 0 Å². The van der Waals surface area contributed by atoms with Gasteiger partial charge in [0.05, 0.1) is 13.5 Å². The second kappa shape index (κ2) is 5.95. The summed E-state index contributed by atoms with van der Waals surface area (Å²) in [7, 11) is 1.19. The van der Waals surface area contributed by atoms with Crippen molar-refractivity contribution in [3.05, 3.63) is 53.0 Å². The first-order valence-electron chi connectivity index (χ1n) is 6.10. The number of benzene rings is 1. The molecule has 0 radical (unpaired) electrons. The third kappa shape index (κ3) is 3.04. The van der Waals surface area contributed by atoms with E-state index in [0.717, 1.165) is 0 Å². The van der Waals surface area contributed by atoms with Crippen LogP contribution in [0.1, 0.15) is 11.1 Å². The highest BCUT2D eigenvalue weighted by Gasteiger charge is 2.18. The van der Waals surface area contributed by atoms with E-state index in [2.05, 4.69) is 9.72 Å². The fourth-order valence-corrected chi connectivity index (χ4v) is 1.87. The number of ether oxygens (including phenoxy) is 1. The van der Waals surface area contributed by atoms with Gasteiger partial charge in [0.15, 0.2) is 5.82 Å². The lowest BCUT2D eigenvalue weighted by Gasteiger charge is -2.09. The van der Waals surface area contributed by atoms with Crippen LogP contribution in [0, 0.1) is 24.4 Å². The molecule has 0 fully saturated rings. The predicted octanol–water partition coefficient (Wildman–Crippen LogP) is 3.19. The van der Waals surface area contributed by atoms with Crippen molar-refractivity contribution < 1.29 is 22.7 Å². The van der Waals surface area contributed by atoms with Gasteiger partial charge in [-0.3, -0.25) is 9.78 Å². The van der Waals surface area contributed by atoms with Gasteiger partial charge in [0.2, 0.25) is 0 Å². The van der Waals surface area contributed by atoms with E-state index >= 15 is 0 Å². The molecule has 3 nitrogen and oxygen atoms in total. The van der Waals surface area contributed by atoms with Crippen LogP contribution in [0.15, 0.2) is 24.4 Å². The normalized spacial score (nSPS) is 10.5. The third-order valence-corrected chi connectivity index (χ3v) is 3.04. The molecule has 2 aromatic rings. The van der Waals surface area contributed by atoms with Crippen LogP contribution in [0.2, 0.25) is 0 Å². The maximum Gasteiger partial charge on any atom is 0.310 e. The molecule has 1 aromatic heterocycles. The highest BCUT2D eigenvalue weighted by molar-refractivity contribution is 5.73. The Morgan fingerprint density at radius 1 is 1.24 bits per heavy atom. The second-order valence-electron chi connectivity index (χ2n) is 4.47. The number of aromatic nitrogens is 1. The minimum Gasteiger partial charge on any atom is -0.469 e. The third-order valence-electron chi connectivity index (χ3n) is 3.04. The molecule has 0 aliphatic heterocycles. The van der Waals surface area contributed by atoms with Crippen molar-refractivity contribution in [2.75, 3.05) is 7.11 Å². The number of rotatable bonds is 3. The summed E-state index contributed by atoms with van der Waals surface area (Å²) >= 11 is 0. The lowest BCUT2D eigenvalue weighted by atomic mass is 10.0. The Kier molecular flexibility index (Phi) is 4.26.